The lowest BCUT2D eigenvalue weighted by atomic mass is 9.96. The maximum Gasteiger partial charge on any atom is 0.266 e. The molecular weight excluding hydrogens is 382 g/mol. The van der Waals surface area contributed by atoms with E-state index < -0.39 is 0 Å². The summed E-state index contributed by atoms with van der Waals surface area (Å²) < 4.78 is 0. The number of aromatic nitrogens is 1. The number of likely N-dealkylation sites (tertiary alicyclic amines) is 1. The Morgan fingerprint density at radius 3 is 2.41 bits per heavy atom. The molecule has 6 nitrogen and oxygen atoms in total. The number of aryl methyl sites for hydroxylation is 1. The van der Waals surface area contributed by atoms with E-state index in [9.17, 15) is 10.1 Å². The molecule has 0 aliphatic carbocycles. The van der Waals surface area contributed by atoms with Crippen molar-refractivity contribution in [3.63, 3.8) is 0 Å². The van der Waals surface area contributed by atoms with Crippen LogP contribution in [0.1, 0.15) is 46.5 Å². The fraction of sp³-hybridized carbons (Fsp3) is 0.318. The van der Waals surface area contributed by atoms with E-state index in [4.69, 9.17) is 11.5 Å². The predicted octanol–water partition coefficient (Wildman–Crippen LogP) is 4.32. The molecule has 1 amide bonds. The SMILES string of the molecule is Cc1ccc(-c2c(C#N)c(N)nc3sc(C(=O)N4CCCCCC4)c(N)c23)cc1. The quantitative estimate of drug-likeness (QED) is 0.660. The number of benzene rings is 1. The molecular formula is C22H23N5OS. The molecule has 1 fully saturated rings. The van der Waals surface area contributed by atoms with Crippen LogP contribution in [0, 0.1) is 18.3 Å². The van der Waals surface area contributed by atoms with Gasteiger partial charge in [-0.2, -0.15) is 5.26 Å². The number of nitrogen functional groups attached to an aromatic ring is 2. The molecule has 1 saturated heterocycles. The number of amides is 1. The Bertz CT molecular complexity index is 1120. The molecule has 0 bridgehead atoms. The Kier molecular flexibility index (Phi) is 5.12. The van der Waals surface area contributed by atoms with Gasteiger partial charge in [0.1, 0.15) is 27.2 Å². The molecule has 0 radical (unpaired) electrons. The van der Waals surface area contributed by atoms with Gasteiger partial charge in [-0.25, -0.2) is 4.98 Å². The minimum absolute atomic E-state index is 0.0562. The summed E-state index contributed by atoms with van der Waals surface area (Å²) in [5, 5.41) is 10.4. The van der Waals surface area contributed by atoms with Crippen LogP contribution in [0.3, 0.4) is 0 Å². The fourth-order valence-electron chi connectivity index (χ4n) is 3.87. The third-order valence-corrected chi connectivity index (χ3v) is 6.53. The number of nitrogens with zero attached hydrogens (tertiary/aromatic N) is 3. The molecule has 3 heterocycles. The van der Waals surface area contributed by atoms with E-state index in [-0.39, 0.29) is 11.7 Å². The van der Waals surface area contributed by atoms with Gasteiger partial charge in [0, 0.05) is 24.0 Å². The standard InChI is InChI=1S/C22H23N5OS/c1-13-6-8-14(9-7-13)16-15(12-23)20(25)26-21-17(16)18(24)19(29-21)22(28)27-10-4-2-3-5-11-27/h6-9H,2-5,10-11,24H2,1H3,(H2,25,26). The summed E-state index contributed by atoms with van der Waals surface area (Å²) in [5.74, 6) is 0.102. The summed E-state index contributed by atoms with van der Waals surface area (Å²) in [6.07, 6.45) is 4.31. The van der Waals surface area contributed by atoms with Gasteiger partial charge in [-0.05, 0) is 25.3 Å². The summed E-state index contributed by atoms with van der Waals surface area (Å²) >= 11 is 1.26. The van der Waals surface area contributed by atoms with E-state index >= 15 is 0 Å². The monoisotopic (exact) mass is 405 g/mol. The highest BCUT2D eigenvalue weighted by Crippen LogP contribution is 2.43. The number of hydrogen-bond acceptors (Lipinski definition) is 6. The van der Waals surface area contributed by atoms with E-state index in [2.05, 4.69) is 11.1 Å². The van der Waals surface area contributed by atoms with Gasteiger partial charge in [0.25, 0.3) is 5.91 Å². The highest BCUT2D eigenvalue weighted by atomic mass is 32.1. The molecule has 0 saturated carbocycles. The number of hydrogen-bond donors (Lipinski definition) is 2. The van der Waals surface area contributed by atoms with E-state index in [1.165, 1.54) is 11.3 Å². The maximum atomic E-state index is 13.2. The Balaban J connectivity index is 1.91. The third kappa shape index (κ3) is 3.40. The average molecular weight is 406 g/mol. The molecule has 148 valence electrons. The maximum absolute atomic E-state index is 13.2. The van der Waals surface area contributed by atoms with Crippen molar-refractivity contribution in [2.75, 3.05) is 24.6 Å². The number of fused-ring (bicyclic) bond motifs is 1. The van der Waals surface area contributed by atoms with Crippen LogP contribution < -0.4 is 11.5 Å². The molecule has 2 aromatic heterocycles. The van der Waals surface area contributed by atoms with Gasteiger partial charge in [-0.3, -0.25) is 4.79 Å². The average Bonchev–Trinajstić information content (AvgIpc) is 2.89. The van der Waals surface area contributed by atoms with Crippen molar-refractivity contribution in [1.82, 2.24) is 9.88 Å². The third-order valence-electron chi connectivity index (χ3n) is 5.44. The van der Waals surface area contributed by atoms with Crippen molar-refractivity contribution in [2.24, 2.45) is 0 Å². The fourth-order valence-corrected chi connectivity index (χ4v) is 4.95. The molecule has 3 aromatic rings. The molecule has 7 heteroatoms. The van der Waals surface area contributed by atoms with Gasteiger partial charge < -0.3 is 16.4 Å². The first-order chi connectivity index (χ1) is 14.0. The van der Waals surface area contributed by atoms with Crippen molar-refractivity contribution < 1.29 is 4.79 Å². The zero-order valence-corrected chi connectivity index (χ0v) is 17.2. The second kappa shape index (κ2) is 7.72. The minimum Gasteiger partial charge on any atom is -0.397 e. The van der Waals surface area contributed by atoms with Crippen molar-refractivity contribution in [3.8, 4) is 17.2 Å². The Labute approximate surface area is 173 Å². The first kappa shape index (κ1) is 19.2. The van der Waals surface area contributed by atoms with E-state index in [0.29, 0.717) is 31.9 Å². The second-order valence-corrected chi connectivity index (χ2v) is 8.46. The Morgan fingerprint density at radius 1 is 1.14 bits per heavy atom. The highest BCUT2D eigenvalue weighted by molar-refractivity contribution is 7.21. The Morgan fingerprint density at radius 2 is 1.79 bits per heavy atom. The zero-order valence-electron chi connectivity index (χ0n) is 16.4. The van der Waals surface area contributed by atoms with Crippen molar-refractivity contribution in [3.05, 3.63) is 40.3 Å². The van der Waals surface area contributed by atoms with Gasteiger partial charge in [-0.15, -0.1) is 11.3 Å². The molecule has 4 N–H and O–H groups in total. The topological polar surface area (TPSA) is 109 Å². The normalized spacial score (nSPS) is 14.6. The van der Waals surface area contributed by atoms with Crippen molar-refractivity contribution in [2.45, 2.75) is 32.6 Å². The summed E-state index contributed by atoms with van der Waals surface area (Å²) in [7, 11) is 0. The molecule has 4 rings (SSSR count). The first-order valence-electron chi connectivity index (χ1n) is 9.79. The van der Waals surface area contributed by atoms with E-state index in [0.717, 1.165) is 49.9 Å². The van der Waals surface area contributed by atoms with Crippen LogP contribution in [-0.2, 0) is 0 Å². The van der Waals surface area contributed by atoms with Crippen LogP contribution in [0.2, 0.25) is 0 Å². The summed E-state index contributed by atoms with van der Waals surface area (Å²) in [5.41, 5.74) is 15.9. The lowest BCUT2D eigenvalue weighted by Gasteiger charge is -2.19. The van der Waals surface area contributed by atoms with E-state index in [1.807, 2.05) is 36.1 Å². The molecule has 0 atom stereocenters. The number of anilines is 2. The molecule has 1 aliphatic heterocycles. The number of thiophene rings is 1. The lowest BCUT2D eigenvalue weighted by molar-refractivity contribution is 0.0767. The second-order valence-electron chi connectivity index (χ2n) is 7.46. The van der Waals surface area contributed by atoms with Crippen molar-refractivity contribution >= 4 is 39.0 Å². The van der Waals surface area contributed by atoms with Crippen molar-refractivity contribution in [1.29, 1.82) is 5.26 Å². The van der Waals surface area contributed by atoms with Crippen LogP contribution in [-0.4, -0.2) is 28.9 Å². The van der Waals surface area contributed by atoms with Gasteiger partial charge in [0.15, 0.2) is 0 Å². The lowest BCUT2D eigenvalue weighted by Crippen LogP contribution is -2.31. The smallest absolute Gasteiger partial charge is 0.266 e. The number of rotatable bonds is 2. The molecule has 1 aliphatic rings. The summed E-state index contributed by atoms with van der Waals surface area (Å²) in [6.45, 7) is 3.50. The van der Waals surface area contributed by atoms with Gasteiger partial charge in [0.05, 0.1) is 5.69 Å². The van der Waals surface area contributed by atoms with Crippen LogP contribution >= 0.6 is 11.3 Å². The number of nitriles is 1. The number of nitrogens with two attached hydrogens (primary N) is 2. The molecule has 0 unspecified atom stereocenters. The van der Waals surface area contributed by atoms with Crippen LogP contribution in [0.5, 0.6) is 0 Å². The Hall–Kier alpha value is -3.11. The van der Waals surface area contributed by atoms with Crippen LogP contribution in [0.4, 0.5) is 11.5 Å². The number of pyridine rings is 1. The first-order valence-corrected chi connectivity index (χ1v) is 10.6. The van der Waals surface area contributed by atoms with Gasteiger partial charge in [0.2, 0.25) is 0 Å². The van der Waals surface area contributed by atoms with Gasteiger partial charge in [-0.1, -0.05) is 42.7 Å². The minimum atomic E-state index is -0.0562. The van der Waals surface area contributed by atoms with Gasteiger partial charge >= 0.3 is 0 Å². The van der Waals surface area contributed by atoms with Crippen LogP contribution in [0.15, 0.2) is 24.3 Å². The highest BCUT2D eigenvalue weighted by Gasteiger charge is 2.27. The van der Waals surface area contributed by atoms with Crippen LogP contribution in [0.25, 0.3) is 21.3 Å². The largest absolute Gasteiger partial charge is 0.397 e. The number of carbonyl (C=O) groups is 1. The molecule has 0 spiro atoms. The molecule has 1 aromatic carbocycles. The summed E-state index contributed by atoms with van der Waals surface area (Å²) in [4.78, 5) is 20.6. The predicted molar refractivity (Wildman–Crippen MR) is 118 cm³/mol. The molecule has 29 heavy (non-hydrogen) atoms. The zero-order chi connectivity index (χ0) is 20.5. The number of carbonyl (C=O) groups excluding carboxylic acids is 1. The van der Waals surface area contributed by atoms with E-state index in [1.54, 1.807) is 0 Å². The summed E-state index contributed by atoms with van der Waals surface area (Å²) in [6, 6.07) is 10.0.